The highest BCUT2D eigenvalue weighted by molar-refractivity contribution is 6.22. The molecule has 0 fully saturated rings. The predicted molar refractivity (Wildman–Crippen MR) is 94.5 cm³/mol. The Bertz CT molecular complexity index is 756. The van der Waals surface area contributed by atoms with Crippen molar-refractivity contribution in [2.24, 2.45) is 5.92 Å². The Morgan fingerprint density at radius 2 is 1.69 bits per heavy atom. The number of carbonyl (C=O) groups is 4. The molecule has 1 heterocycles. The van der Waals surface area contributed by atoms with Crippen molar-refractivity contribution in [3.63, 3.8) is 0 Å². The third-order valence-corrected chi connectivity index (χ3v) is 4.15. The number of nitrogens with zero attached hydrogens (tertiary/aromatic N) is 1. The van der Waals surface area contributed by atoms with Gasteiger partial charge in [-0.15, -0.1) is 0 Å². The second kappa shape index (κ2) is 7.68. The summed E-state index contributed by atoms with van der Waals surface area (Å²) in [5.41, 5.74) is 1.39. The number of aryl methyl sites for hydroxylation is 1. The second-order valence-corrected chi connectivity index (χ2v) is 6.92. The summed E-state index contributed by atoms with van der Waals surface area (Å²) in [7, 11) is 0. The maximum absolute atomic E-state index is 12.5. The molecule has 1 aliphatic rings. The lowest BCUT2D eigenvalue weighted by molar-refractivity contribution is -0.158. The minimum absolute atomic E-state index is 0.266. The summed E-state index contributed by atoms with van der Waals surface area (Å²) in [6, 6.07) is 3.81. The van der Waals surface area contributed by atoms with Crippen LogP contribution in [-0.4, -0.2) is 47.3 Å². The number of esters is 1. The molecule has 1 N–H and O–H groups in total. The minimum Gasteiger partial charge on any atom is -0.451 e. The van der Waals surface area contributed by atoms with Gasteiger partial charge < -0.3 is 10.1 Å². The monoisotopic (exact) mass is 360 g/mol. The zero-order chi connectivity index (χ0) is 19.6. The van der Waals surface area contributed by atoms with Gasteiger partial charge in [0.05, 0.1) is 11.1 Å². The van der Waals surface area contributed by atoms with Gasteiger partial charge in [-0.2, -0.15) is 0 Å². The van der Waals surface area contributed by atoms with Crippen LogP contribution >= 0.6 is 0 Å². The quantitative estimate of drug-likeness (QED) is 0.615. The molecule has 0 aliphatic carbocycles. The van der Waals surface area contributed by atoms with Crippen molar-refractivity contribution in [2.45, 2.75) is 46.8 Å². The van der Waals surface area contributed by atoms with E-state index >= 15 is 0 Å². The van der Waals surface area contributed by atoms with Crippen molar-refractivity contribution in [3.8, 4) is 0 Å². The molecule has 0 spiro atoms. The molecule has 7 nitrogen and oxygen atoms in total. The van der Waals surface area contributed by atoms with E-state index in [0.717, 1.165) is 10.5 Å². The number of fused-ring (bicyclic) bond motifs is 1. The number of hydrogen-bond acceptors (Lipinski definition) is 5. The average molecular weight is 360 g/mol. The topological polar surface area (TPSA) is 92.8 Å². The van der Waals surface area contributed by atoms with Crippen molar-refractivity contribution >= 4 is 23.7 Å². The largest absolute Gasteiger partial charge is 0.451 e. The van der Waals surface area contributed by atoms with Gasteiger partial charge in [0.15, 0.2) is 6.10 Å². The van der Waals surface area contributed by atoms with Gasteiger partial charge in [0.2, 0.25) is 0 Å². The number of carbonyl (C=O) groups excluding carboxylic acids is 4. The highest BCUT2D eigenvalue weighted by Gasteiger charge is 2.42. The van der Waals surface area contributed by atoms with Crippen LogP contribution in [0, 0.1) is 12.8 Å². The van der Waals surface area contributed by atoms with Gasteiger partial charge in [0, 0.05) is 6.54 Å². The molecule has 2 rings (SSSR count). The van der Waals surface area contributed by atoms with Gasteiger partial charge >= 0.3 is 5.97 Å². The third kappa shape index (κ3) is 3.92. The Morgan fingerprint density at radius 3 is 2.31 bits per heavy atom. The van der Waals surface area contributed by atoms with E-state index in [1.54, 1.807) is 18.2 Å². The second-order valence-electron chi connectivity index (χ2n) is 6.92. The standard InChI is InChI=1S/C19H24N2O5/c1-10(2)9-20-16(22)13(5)26-19(25)12(4)21-17(23)14-7-6-11(3)8-15(14)18(21)24/h6-8,10,12-13H,9H2,1-5H3,(H,20,22). The van der Waals surface area contributed by atoms with Crippen molar-refractivity contribution in [1.82, 2.24) is 10.2 Å². The van der Waals surface area contributed by atoms with E-state index in [0.29, 0.717) is 6.54 Å². The molecular formula is C19H24N2O5. The molecular weight excluding hydrogens is 336 g/mol. The van der Waals surface area contributed by atoms with E-state index in [1.807, 2.05) is 20.8 Å². The zero-order valence-corrected chi connectivity index (χ0v) is 15.7. The Labute approximate surface area is 152 Å². The fourth-order valence-corrected chi connectivity index (χ4v) is 2.61. The fraction of sp³-hybridized carbons (Fsp3) is 0.474. The maximum atomic E-state index is 12.5. The highest BCUT2D eigenvalue weighted by atomic mass is 16.5. The fourth-order valence-electron chi connectivity index (χ4n) is 2.61. The van der Waals surface area contributed by atoms with E-state index in [1.165, 1.54) is 13.8 Å². The smallest absolute Gasteiger partial charge is 0.329 e. The number of hydrogen-bond donors (Lipinski definition) is 1. The van der Waals surface area contributed by atoms with Crippen molar-refractivity contribution in [3.05, 3.63) is 34.9 Å². The number of rotatable bonds is 6. The highest BCUT2D eigenvalue weighted by Crippen LogP contribution is 2.26. The van der Waals surface area contributed by atoms with Crippen molar-refractivity contribution in [2.75, 3.05) is 6.54 Å². The molecule has 0 aromatic heterocycles. The Kier molecular flexibility index (Phi) is 5.79. The Balaban J connectivity index is 2.06. The van der Waals surface area contributed by atoms with Crippen LogP contribution in [0.3, 0.4) is 0 Å². The third-order valence-electron chi connectivity index (χ3n) is 4.15. The van der Waals surface area contributed by atoms with E-state index in [2.05, 4.69) is 5.32 Å². The summed E-state index contributed by atoms with van der Waals surface area (Å²) in [4.78, 5) is 50.2. The summed E-state index contributed by atoms with van der Waals surface area (Å²) in [6.07, 6.45) is -1.01. The molecule has 0 saturated heterocycles. The first-order valence-electron chi connectivity index (χ1n) is 8.60. The Morgan fingerprint density at radius 1 is 1.08 bits per heavy atom. The summed E-state index contributed by atoms with van der Waals surface area (Å²) < 4.78 is 5.14. The van der Waals surface area contributed by atoms with E-state index in [4.69, 9.17) is 4.74 Å². The molecule has 2 unspecified atom stereocenters. The zero-order valence-electron chi connectivity index (χ0n) is 15.7. The van der Waals surface area contributed by atoms with Crippen LogP contribution in [0.25, 0.3) is 0 Å². The van der Waals surface area contributed by atoms with Gasteiger partial charge in [0.1, 0.15) is 6.04 Å². The lowest BCUT2D eigenvalue weighted by Gasteiger charge is -2.23. The number of benzene rings is 1. The lowest BCUT2D eigenvalue weighted by atomic mass is 10.1. The van der Waals surface area contributed by atoms with E-state index in [9.17, 15) is 19.2 Å². The maximum Gasteiger partial charge on any atom is 0.329 e. The van der Waals surface area contributed by atoms with Gasteiger partial charge in [-0.25, -0.2) is 4.79 Å². The van der Waals surface area contributed by atoms with Crippen LogP contribution in [0.2, 0.25) is 0 Å². The average Bonchev–Trinajstić information content (AvgIpc) is 2.82. The number of amides is 3. The number of imide groups is 1. The van der Waals surface area contributed by atoms with E-state index in [-0.39, 0.29) is 17.0 Å². The molecule has 26 heavy (non-hydrogen) atoms. The molecule has 140 valence electrons. The van der Waals surface area contributed by atoms with Crippen molar-refractivity contribution < 1.29 is 23.9 Å². The molecule has 2 atom stereocenters. The Hall–Kier alpha value is -2.70. The SMILES string of the molecule is Cc1ccc2c(c1)C(=O)N(C(C)C(=O)OC(C)C(=O)NCC(C)C)C2=O. The first-order valence-corrected chi connectivity index (χ1v) is 8.60. The molecule has 1 aliphatic heterocycles. The molecule has 3 amide bonds. The van der Waals surface area contributed by atoms with Gasteiger partial charge in [-0.05, 0) is 38.8 Å². The summed E-state index contributed by atoms with van der Waals surface area (Å²) in [5, 5.41) is 2.67. The molecule has 0 saturated carbocycles. The summed E-state index contributed by atoms with van der Waals surface area (Å²) >= 11 is 0. The van der Waals surface area contributed by atoms with Crippen LogP contribution in [0.1, 0.15) is 54.0 Å². The molecule has 0 bridgehead atoms. The number of nitrogens with one attached hydrogen (secondary N) is 1. The molecule has 0 radical (unpaired) electrons. The van der Waals surface area contributed by atoms with Crippen molar-refractivity contribution in [1.29, 1.82) is 0 Å². The van der Waals surface area contributed by atoms with Crippen LogP contribution in [-0.2, 0) is 14.3 Å². The van der Waals surface area contributed by atoms with Crippen LogP contribution < -0.4 is 5.32 Å². The molecule has 7 heteroatoms. The predicted octanol–water partition coefficient (Wildman–Crippen LogP) is 1.68. The first kappa shape index (κ1) is 19.6. The van der Waals surface area contributed by atoms with Crippen LogP contribution in [0.15, 0.2) is 18.2 Å². The van der Waals surface area contributed by atoms with Crippen LogP contribution in [0.4, 0.5) is 0 Å². The normalized spacial score (nSPS) is 15.7. The van der Waals surface area contributed by atoms with Gasteiger partial charge in [-0.1, -0.05) is 25.5 Å². The van der Waals surface area contributed by atoms with Gasteiger partial charge in [0.25, 0.3) is 17.7 Å². The molecule has 1 aromatic carbocycles. The van der Waals surface area contributed by atoms with Gasteiger partial charge in [-0.3, -0.25) is 19.3 Å². The summed E-state index contributed by atoms with van der Waals surface area (Å²) in [6.45, 7) is 9.04. The number of ether oxygens (including phenoxy) is 1. The first-order chi connectivity index (χ1) is 12.1. The van der Waals surface area contributed by atoms with Crippen LogP contribution in [0.5, 0.6) is 0 Å². The van der Waals surface area contributed by atoms with E-state index < -0.39 is 35.8 Å². The molecule has 1 aromatic rings. The lowest BCUT2D eigenvalue weighted by Crippen LogP contribution is -2.46. The summed E-state index contributed by atoms with van der Waals surface area (Å²) in [5.74, 6) is -2.02. The minimum atomic E-state index is -1.12.